The van der Waals surface area contributed by atoms with Crippen LogP contribution in [0.4, 0.5) is 0 Å². The molecule has 4 nitrogen and oxygen atoms in total. The normalized spacial score (nSPS) is 24.1. The highest BCUT2D eigenvalue weighted by molar-refractivity contribution is 7.10. The zero-order chi connectivity index (χ0) is 12.6. The van der Waals surface area contributed by atoms with Gasteiger partial charge in [0.2, 0.25) is 5.91 Å². The van der Waals surface area contributed by atoms with Gasteiger partial charge in [-0.15, -0.1) is 11.3 Å². The van der Waals surface area contributed by atoms with E-state index in [1.54, 1.807) is 11.3 Å². The molecule has 1 aromatic rings. The molecule has 2 N–H and O–H groups in total. The van der Waals surface area contributed by atoms with Gasteiger partial charge < -0.3 is 10.4 Å². The molecule has 1 amide bonds. The maximum atomic E-state index is 11.8. The first-order chi connectivity index (χ1) is 8.00. The molecule has 1 saturated carbocycles. The van der Waals surface area contributed by atoms with Gasteiger partial charge in [0.05, 0.1) is 0 Å². The molecule has 3 atom stereocenters. The predicted molar refractivity (Wildman–Crippen MR) is 65.1 cm³/mol. The molecule has 17 heavy (non-hydrogen) atoms. The number of aliphatic carboxylic acids is 1. The number of carbonyl (C=O) groups excluding carboxylic acids is 1. The van der Waals surface area contributed by atoms with Crippen molar-refractivity contribution in [2.75, 3.05) is 0 Å². The Kier molecular flexibility index (Phi) is 3.19. The van der Waals surface area contributed by atoms with Gasteiger partial charge in [0.25, 0.3) is 0 Å². The monoisotopic (exact) mass is 253 g/mol. The van der Waals surface area contributed by atoms with Gasteiger partial charge in [-0.05, 0) is 37.3 Å². The maximum Gasteiger partial charge on any atom is 0.325 e. The summed E-state index contributed by atoms with van der Waals surface area (Å²) in [5.74, 6) is -0.898. The van der Waals surface area contributed by atoms with Gasteiger partial charge in [-0.1, -0.05) is 0 Å². The van der Waals surface area contributed by atoms with Gasteiger partial charge in [-0.2, -0.15) is 0 Å². The number of thiophene rings is 1. The van der Waals surface area contributed by atoms with Crippen LogP contribution in [0.25, 0.3) is 0 Å². The molecule has 5 heteroatoms. The number of aryl methyl sites for hydroxylation is 1. The Hall–Kier alpha value is -1.36. The molecular formula is C12H15NO3S. The van der Waals surface area contributed by atoms with E-state index >= 15 is 0 Å². The van der Waals surface area contributed by atoms with Crippen LogP contribution in [0.3, 0.4) is 0 Å². The van der Waals surface area contributed by atoms with Crippen LogP contribution in [0.5, 0.6) is 0 Å². The van der Waals surface area contributed by atoms with Crippen LogP contribution in [-0.2, 0) is 9.59 Å². The van der Waals surface area contributed by atoms with E-state index in [0.29, 0.717) is 0 Å². The van der Waals surface area contributed by atoms with Crippen LogP contribution in [-0.4, -0.2) is 23.0 Å². The molecule has 1 fully saturated rings. The molecule has 0 bridgehead atoms. The van der Waals surface area contributed by atoms with Crippen molar-refractivity contribution >= 4 is 23.2 Å². The third-order valence-electron chi connectivity index (χ3n) is 3.09. The summed E-state index contributed by atoms with van der Waals surface area (Å²) in [6, 6.07) is 1.24. The largest absolute Gasteiger partial charge is 0.480 e. The minimum absolute atomic E-state index is 0.0471. The molecule has 0 aromatic carbocycles. The highest BCUT2D eigenvalue weighted by Crippen LogP contribution is 2.50. The van der Waals surface area contributed by atoms with Crippen molar-refractivity contribution in [2.45, 2.75) is 32.2 Å². The Morgan fingerprint density at radius 2 is 2.29 bits per heavy atom. The predicted octanol–water partition coefficient (Wildman–Crippen LogP) is 1.75. The van der Waals surface area contributed by atoms with Crippen molar-refractivity contribution in [3.63, 3.8) is 0 Å². The highest BCUT2D eigenvalue weighted by Gasteiger charge is 2.45. The quantitative estimate of drug-likeness (QED) is 0.859. The molecule has 0 radical (unpaired) electrons. The minimum atomic E-state index is -0.997. The fourth-order valence-electron chi connectivity index (χ4n) is 1.92. The van der Waals surface area contributed by atoms with Crippen molar-refractivity contribution in [3.8, 4) is 0 Å². The number of carboxylic acid groups (broad SMARTS) is 1. The SMILES string of the molecule is Cc1ccsc1[C@H]1C[C@@H]1C(=O)N[C@@H](C)C(=O)O. The summed E-state index contributed by atoms with van der Waals surface area (Å²) in [6.07, 6.45) is 0.833. The third kappa shape index (κ3) is 2.49. The zero-order valence-corrected chi connectivity index (χ0v) is 10.6. The Morgan fingerprint density at radius 1 is 1.59 bits per heavy atom. The number of amides is 1. The summed E-state index contributed by atoms with van der Waals surface area (Å²) in [4.78, 5) is 23.7. The van der Waals surface area contributed by atoms with Crippen molar-refractivity contribution in [1.82, 2.24) is 5.32 Å². The van der Waals surface area contributed by atoms with Crippen LogP contribution in [0.1, 0.15) is 29.7 Å². The van der Waals surface area contributed by atoms with E-state index < -0.39 is 12.0 Å². The molecule has 0 aliphatic heterocycles. The molecule has 1 aliphatic carbocycles. The maximum absolute atomic E-state index is 11.8. The van der Waals surface area contributed by atoms with Gasteiger partial charge in [0.1, 0.15) is 6.04 Å². The average Bonchev–Trinajstić information content (AvgIpc) is 2.94. The van der Waals surface area contributed by atoms with E-state index in [9.17, 15) is 9.59 Å². The van der Waals surface area contributed by atoms with Crippen LogP contribution >= 0.6 is 11.3 Å². The molecule has 1 heterocycles. The summed E-state index contributed by atoms with van der Waals surface area (Å²) in [5, 5.41) is 13.3. The van der Waals surface area contributed by atoms with Gasteiger partial charge in [0, 0.05) is 16.7 Å². The number of nitrogens with one attached hydrogen (secondary N) is 1. The van der Waals surface area contributed by atoms with Crippen molar-refractivity contribution < 1.29 is 14.7 Å². The van der Waals surface area contributed by atoms with Gasteiger partial charge in [0.15, 0.2) is 0 Å². The average molecular weight is 253 g/mol. The van der Waals surface area contributed by atoms with Crippen molar-refractivity contribution in [2.24, 2.45) is 5.92 Å². The van der Waals surface area contributed by atoms with Crippen molar-refractivity contribution in [1.29, 1.82) is 0 Å². The highest BCUT2D eigenvalue weighted by atomic mass is 32.1. The second kappa shape index (κ2) is 4.49. The molecular weight excluding hydrogens is 238 g/mol. The Bertz CT molecular complexity index is 454. The second-order valence-electron chi connectivity index (χ2n) is 4.49. The Labute approximate surface area is 104 Å². The van der Waals surface area contributed by atoms with Crippen LogP contribution in [0.2, 0.25) is 0 Å². The molecule has 1 aromatic heterocycles. The Balaban J connectivity index is 1.93. The van der Waals surface area contributed by atoms with Gasteiger partial charge in [-0.25, -0.2) is 0 Å². The summed E-state index contributed by atoms with van der Waals surface area (Å²) in [7, 11) is 0. The standard InChI is InChI=1S/C12H15NO3S/c1-6-3-4-17-10(6)8-5-9(8)11(14)13-7(2)12(15)16/h3-4,7-9H,5H2,1-2H3,(H,13,14)(H,15,16)/t7-,8-,9-/m0/s1. The fraction of sp³-hybridized carbons (Fsp3) is 0.500. The third-order valence-corrected chi connectivity index (χ3v) is 4.25. The summed E-state index contributed by atoms with van der Waals surface area (Å²) >= 11 is 1.67. The van der Waals surface area contributed by atoms with Crippen LogP contribution in [0, 0.1) is 12.8 Å². The molecule has 1 aliphatic rings. The second-order valence-corrected chi connectivity index (χ2v) is 5.43. The number of hydrogen-bond donors (Lipinski definition) is 2. The van der Waals surface area contributed by atoms with Crippen LogP contribution < -0.4 is 5.32 Å². The smallest absolute Gasteiger partial charge is 0.325 e. The molecule has 0 unspecified atom stereocenters. The number of carbonyl (C=O) groups is 2. The van der Waals surface area contributed by atoms with E-state index in [0.717, 1.165) is 6.42 Å². The molecule has 0 saturated heterocycles. The summed E-state index contributed by atoms with van der Waals surface area (Å²) in [6.45, 7) is 3.52. The zero-order valence-electron chi connectivity index (χ0n) is 9.77. The minimum Gasteiger partial charge on any atom is -0.480 e. The lowest BCUT2D eigenvalue weighted by Gasteiger charge is -2.08. The lowest BCUT2D eigenvalue weighted by molar-refractivity contribution is -0.141. The van der Waals surface area contributed by atoms with E-state index in [1.807, 2.05) is 18.4 Å². The summed E-state index contributed by atoms with van der Waals surface area (Å²) in [5.41, 5.74) is 1.22. The van der Waals surface area contributed by atoms with Gasteiger partial charge in [-0.3, -0.25) is 9.59 Å². The molecule has 2 rings (SSSR count). The van der Waals surface area contributed by atoms with E-state index in [2.05, 4.69) is 5.32 Å². The first-order valence-electron chi connectivity index (χ1n) is 5.58. The lowest BCUT2D eigenvalue weighted by Crippen LogP contribution is -2.39. The summed E-state index contributed by atoms with van der Waals surface area (Å²) < 4.78 is 0. The van der Waals surface area contributed by atoms with Crippen molar-refractivity contribution in [3.05, 3.63) is 21.9 Å². The molecule has 92 valence electrons. The fourth-order valence-corrected chi connectivity index (χ4v) is 3.03. The topological polar surface area (TPSA) is 66.4 Å². The lowest BCUT2D eigenvalue weighted by atomic mass is 10.2. The number of carboxylic acids is 1. The first kappa shape index (κ1) is 12.1. The van der Waals surface area contributed by atoms with E-state index in [4.69, 9.17) is 5.11 Å². The number of rotatable bonds is 4. The molecule has 0 spiro atoms. The van der Waals surface area contributed by atoms with Gasteiger partial charge >= 0.3 is 5.97 Å². The van der Waals surface area contributed by atoms with Crippen LogP contribution in [0.15, 0.2) is 11.4 Å². The Morgan fingerprint density at radius 3 is 2.82 bits per heavy atom. The number of hydrogen-bond acceptors (Lipinski definition) is 3. The first-order valence-corrected chi connectivity index (χ1v) is 6.46. The van der Waals surface area contributed by atoms with E-state index in [-0.39, 0.29) is 17.7 Å². The van der Waals surface area contributed by atoms with E-state index in [1.165, 1.54) is 17.4 Å².